The quantitative estimate of drug-likeness (QED) is 0.355. The van der Waals surface area contributed by atoms with Gasteiger partial charge in [0.05, 0.1) is 0 Å². The van der Waals surface area contributed by atoms with Crippen molar-refractivity contribution in [3.05, 3.63) is 99.0 Å². The van der Waals surface area contributed by atoms with Crippen molar-refractivity contribution in [2.75, 3.05) is 6.54 Å². The lowest BCUT2D eigenvalue weighted by molar-refractivity contribution is -0.134. The highest BCUT2D eigenvalue weighted by Gasteiger charge is 2.31. The van der Waals surface area contributed by atoms with Crippen molar-refractivity contribution >= 4 is 40.7 Å². The van der Waals surface area contributed by atoms with Crippen LogP contribution in [-0.2, 0) is 4.79 Å². The van der Waals surface area contributed by atoms with E-state index in [1.165, 1.54) is 0 Å². The molecule has 32 heavy (non-hydrogen) atoms. The van der Waals surface area contributed by atoms with Gasteiger partial charge in [0.25, 0.3) is 5.91 Å². The Morgan fingerprint density at radius 1 is 0.875 bits per heavy atom. The summed E-state index contributed by atoms with van der Waals surface area (Å²) in [4.78, 5) is 13.0. The normalized spacial score (nSPS) is 13.3. The first-order chi connectivity index (χ1) is 15.2. The molecule has 1 N–H and O–H groups in total. The second kappa shape index (κ2) is 10.6. The number of carbonyl (C=O) groups is 1. The molecular formula is C26H26Cl3NO2. The lowest BCUT2D eigenvalue weighted by Gasteiger charge is -2.29. The van der Waals surface area contributed by atoms with Crippen LogP contribution < -0.4 is 10.1 Å². The third-order valence-electron chi connectivity index (χ3n) is 5.50. The number of nitrogens with one attached hydrogen (secondary N) is 1. The van der Waals surface area contributed by atoms with Crippen LogP contribution in [0.4, 0.5) is 0 Å². The first-order valence-corrected chi connectivity index (χ1v) is 11.5. The molecule has 0 aliphatic heterocycles. The fraction of sp³-hybridized carbons (Fsp3) is 0.269. The predicted molar refractivity (Wildman–Crippen MR) is 133 cm³/mol. The van der Waals surface area contributed by atoms with Crippen LogP contribution in [0.25, 0.3) is 0 Å². The Labute approximate surface area is 204 Å². The van der Waals surface area contributed by atoms with E-state index in [1.807, 2.05) is 48.5 Å². The lowest BCUT2D eigenvalue weighted by Crippen LogP contribution is -2.47. The van der Waals surface area contributed by atoms with E-state index in [2.05, 4.69) is 12.2 Å². The van der Waals surface area contributed by atoms with E-state index in [1.54, 1.807) is 38.1 Å². The van der Waals surface area contributed by atoms with Crippen molar-refractivity contribution in [3.8, 4) is 5.75 Å². The molecule has 0 bridgehead atoms. The van der Waals surface area contributed by atoms with Gasteiger partial charge >= 0.3 is 0 Å². The van der Waals surface area contributed by atoms with Gasteiger partial charge in [0.1, 0.15) is 5.75 Å². The number of benzene rings is 3. The van der Waals surface area contributed by atoms with Gasteiger partial charge in [0.15, 0.2) is 5.60 Å². The first kappa shape index (κ1) is 24.4. The van der Waals surface area contributed by atoms with E-state index in [4.69, 9.17) is 39.5 Å². The van der Waals surface area contributed by atoms with Gasteiger partial charge in [-0.2, -0.15) is 0 Å². The number of carbonyl (C=O) groups excluding carboxylic acids is 1. The lowest BCUT2D eigenvalue weighted by atomic mass is 9.82. The smallest absolute Gasteiger partial charge is 0.263 e. The molecule has 0 aliphatic carbocycles. The van der Waals surface area contributed by atoms with Gasteiger partial charge in [-0.05, 0) is 73.4 Å². The molecule has 1 amide bonds. The zero-order valence-corrected chi connectivity index (χ0v) is 20.5. The molecule has 0 aliphatic rings. The van der Waals surface area contributed by atoms with Gasteiger partial charge in [-0.15, -0.1) is 0 Å². The van der Waals surface area contributed by atoms with Crippen molar-refractivity contribution < 1.29 is 9.53 Å². The molecule has 2 atom stereocenters. The van der Waals surface area contributed by atoms with Gasteiger partial charge in [0, 0.05) is 27.5 Å². The third-order valence-corrected chi connectivity index (χ3v) is 6.23. The number of rotatable bonds is 8. The first-order valence-electron chi connectivity index (χ1n) is 10.4. The van der Waals surface area contributed by atoms with Gasteiger partial charge in [-0.3, -0.25) is 4.79 Å². The number of hydrogen-bond donors (Lipinski definition) is 1. The molecule has 168 valence electrons. The summed E-state index contributed by atoms with van der Waals surface area (Å²) >= 11 is 18.2. The fourth-order valence-corrected chi connectivity index (χ4v) is 4.01. The van der Waals surface area contributed by atoms with E-state index < -0.39 is 5.60 Å². The Morgan fingerprint density at radius 3 is 2.00 bits per heavy atom. The fourth-order valence-electron chi connectivity index (χ4n) is 3.58. The number of hydrogen-bond acceptors (Lipinski definition) is 2. The minimum atomic E-state index is -1.07. The summed E-state index contributed by atoms with van der Waals surface area (Å²) < 4.78 is 5.93. The van der Waals surface area contributed by atoms with Crippen LogP contribution in [-0.4, -0.2) is 18.1 Å². The monoisotopic (exact) mass is 489 g/mol. The Balaban J connectivity index is 1.77. The highest BCUT2D eigenvalue weighted by atomic mass is 35.5. The summed E-state index contributed by atoms with van der Waals surface area (Å²) in [7, 11) is 0. The number of halogens is 3. The van der Waals surface area contributed by atoms with Gasteiger partial charge in [0.2, 0.25) is 0 Å². The maximum atomic E-state index is 13.0. The summed E-state index contributed by atoms with van der Waals surface area (Å²) in [5, 5.41) is 5.00. The van der Waals surface area contributed by atoms with Crippen LogP contribution >= 0.6 is 34.8 Å². The van der Waals surface area contributed by atoms with E-state index >= 15 is 0 Å². The largest absolute Gasteiger partial charge is 0.478 e. The number of ether oxygens (including phenoxy) is 1. The van der Waals surface area contributed by atoms with Crippen molar-refractivity contribution in [3.63, 3.8) is 0 Å². The second-order valence-electron chi connectivity index (χ2n) is 8.28. The van der Waals surface area contributed by atoms with Crippen LogP contribution in [0.1, 0.15) is 43.7 Å². The van der Waals surface area contributed by atoms with Crippen LogP contribution in [0.5, 0.6) is 5.75 Å². The van der Waals surface area contributed by atoms with Crippen LogP contribution in [0, 0.1) is 0 Å². The van der Waals surface area contributed by atoms with Crippen molar-refractivity contribution in [1.29, 1.82) is 0 Å². The zero-order chi connectivity index (χ0) is 23.3. The highest BCUT2D eigenvalue weighted by Crippen LogP contribution is 2.34. The highest BCUT2D eigenvalue weighted by molar-refractivity contribution is 6.31. The molecule has 0 saturated heterocycles. The molecule has 3 aromatic rings. The van der Waals surface area contributed by atoms with Gasteiger partial charge in [-0.25, -0.2) is 0 Å². The molecule has 3 nitrogen and oxygen atoms in total. The van der Waals surface area contributed by atoms with Crippen molar-refractivity contribution in [2.24, 2.45) is 0 Å². The topological polar surface area (TPSA) is 38.3 Å². The predicted octanol–water partition coefficient (Wildman–Crippen LogP) is 7.51. The Hall–Kier alpha value is -2.20. The summed E-state index contributed by atoms with van der Waals surface area (Å²) in [6, 6.07) is 22.5. The Bertz CT molecular complexity index is 1050. The molecule has 3 aromatic carbocycles. The maximum Gasteiger partial charge on any atom is 0.263 e. The van der Waals surface area contributed by atoms with Gasteiger partial charge in [-0.1, -0.05) is 72.1 Å². The minimum absolute atomic E-state index is 0.0272. The third kappa shape index (κ3) is 6.41. The molecule has 0 saturated carbocycles. The van der Waals surface area contributed by atoms with Crippen molar-refractivity contribution in [2.45, 2.75) is 38.2 Å². The summed E-state index contributed by atoms with van der Waals surface area (Å²) in [5.41, 5.74) is 1.16. The van der Waals surface area contributed by atoms with E-state index in [9.17, 15) is 4.79 Å². The minimum Gasteiger partial charge on any atom is -0.478 e. The molecule has 0 radical (unpaired) electrons. The molecule has 3 rings (SSSR count). The zero-order valence-electron chi connectivity index (χ0n) is 18.2. The second-order valence-corrected chi connectivity index (χ2v) is 9.59. The van der Waals surface area contributed by atoms with E-state index in [0.717, 1.165) is 11.1 Å². The summed E-state index contributed by atoms with van der Waals surface area (Å²) in [6.07, 6.45) is 0. The van der Waals surface area contributed by atoms with Crippen molar-refractivity contribution in [1.82, 2.24) is 5.32 Å². The van der Waals surface area contributed by atoms with Gasteiger partial charge < -0.3 is 10.1 Å². The number of amides is 1. The summed E-state index contributed by atoms with van der Waals surface area (Å²) in [6.45, 7) is 6.06. The van der Waals surface area contributed by atoms with E-state index in [0.29, 0.717) is 27.4 Å². The molecule has 0 spiro atoms. The van der Waals surface area contributed by atoms with Crippen LogP contribution in [0.2, 0.25) is 15.1 Å². The van der Waals surface area contributed by atoms with Crippen LogP contribution in [0.3, 0.4) is 0 Å². The van der Waals surface area contributed by atoms with Crippen LogP contribution in [0.15, 0.2) is 72.8 Å². The van der Waals surface area contributed by atoms with E-state index in [-0.39, 0.29) is 17.7 Å². The molecule has 0 heterocycles. The SMILES string of the molecule is CC(c1ccc(Cl)cc1)C(CNC(=O)C(C)(C)Oc1cccc(Cl)c1)c1ccc(Cl)cc1. The molecule has 6 heteroatoms. The Kier molecular flexibility index (Phi) is 8.10. The molecule has 0 aromatic heterocycles. The average Bonchev–Trinajstić information content (AvgIpc) is 2.75. The maximum absolute atomic E-state index is 13.0. The average molecular weight is 491 g/mol. The molecular weight excluding hydrogens is 465 g/mol. The molecule has 2 unspecified atom stereocenters. The standard InChI is InChI=1S/C26H26Cl3NO2/c1-17(18-7-11-20(27)12-8-18)24(19-9-13-21(28)14-10-19)16-30-25(31)26(2,3)32-23-6-4-5-22(29)15-23/h4-15,17,24H,16H2,1-3H3,(H,30,31). The Morgan fingerprint density at radius 2 is 1.44 bits per heavy atom. The molecule has 0 fully saturated rings. The summed E-state index contributed by atoms with van der Waals surface area (Å²) in [5.74, 6) is 0.492.